The van der Waals surface area contributed by atoms with Gasteiger partial charge in [-0.05, 0) is 62.7 Å². The van der Waals surface area contributed by atoms with Crippen molar-refractivity contribution in [1.82, 2.24) is 0 Å². The molecule has 1 rings (SSSR count). The van der Waals surface area contributed by atoms with Gasteiger partial charge in [-0.15, -0.1) is 0 Å². The van der Waals surface area contributed by atoms with Crippen molar-refractivity contribution in [3.05, 3.63) is 11.6 Å². The Morgan fingerprint density at radius 1 is 0.679 bits per heavy atom. The molecule has 4 amide bonds. The Kier molecular flexibility index (Phi) is 10.3. The largest absolute Gasteiger partial charge is 0.370 e. The molecule has 8 N–H and O–H groups in total. The van der Waals surface area contributed by atoms with E-state index in [0.717, 1.165) is 31.3 Å². The fraction of sp³-hybridized carbons (Fsp3) is 0.700. The summed E-state index contributed by atoms with van der Waals surface area (Å²) in [4.78, 5) is 45.7. The molecule has 0 bridgehead atoms. The topological polar surface area (TPSA) is 172 Å². The van der Waals surface area contributed by atoms with E-state index in [4.69, 9.17) is 22.9 Å². The normalized spacial score (nSPS) is 26.1. The smallest absolute Gasteiger partial charge is 0.221 e. The van der Waals surface area contributed by atoms with Crippen LogP contribution in [0.5, 0.6) is 0 Å². The first kappa shape index (κ1) is 23.7. The summed E-state index contributed by atoms with van der Waals surface area (Å²) in [5.74, 6) is -1.23. The highest BCUT2D eigenvalue weighted by Crippen LogP contribution is 2.30. The Bertz CT molecular complexity index is 603. The monoisotopic (exact) mass is 394 g/mol. The highest BCUT2D eigenvalue weighted by atomic mass is 16.2. The van der Waals surface area contributed by atoms with Crippen LogP contribution >= 0.6 is 0 Å². The average molecular weight is 395 g/mol. The summed E-state index contributed by atoms with van der Waals surface area (Å²) in [5.41, 5.74) is 22.5. The van der Waals surface area contributed by atoms with Gasteiger partial charge >= 0.3 is 0 Å². The molecule has 3 unspecified atom stereocenters. The van der Waals surface area contributed by atoms with Crippen LogP contribution in [0.3, 0.4) is 0 Å². The molecule has 0 saturated heterocycles. The number of carbonyl (C=O) groups is 4. The zero-order chi connectivity index (χ0) is 21.1. The van der Waals surface area contributed by atoms with Crippen LogP contribution in [0.15, 0.2) is 11.6 Å². The molecule has 0 spiro atoms. The maximum absolute atomic E-state index is 11.4. The third-order valence-corrected chi connectivity index (χ3v) is 5.45. The van der Waals surface area contributed by atoms with Gasteiger partial charge in [-0.3, -0.25) is 19.2 Å². The van der Waals surface area contributed by atoms with Gasteiger partial charge < -0.3 is 22.9 Å². The molecule has 0 aliphatic heterocycles. The van der Waals surface area contributed by atoms with Gasteiger partial charge in [0.15, 0.2) is 0 Å². The second kappa shape index (κ2) is 12.2. The molecule has 8 heteroatoms. The number of allylic oxidation sites excluding steroid dienone is 1. The maximum atomic E-state index is 11.4. The first-order valence-corrected chi connectivity index (χ1v) is 9.96. The minimum absolute atomic E-state index is 0.0524. The van der Waals surface area contributed by atoms with Crippen molar-refractivity contribution in [2.24, 2.45) is 40.7 Å². The van der Waals surface area contributed by atoms with E-state index in [-0.39, 0.29) is 61.2 Å². The van der Waals surface area contributed by atoms with Crippen molar-refractivity contribution in [1.29, 1.82) is 0 Å². The Balaban J connectivity index is 3.00. The minimum atomic E-state index is -0.405. The number of nitrogens with two attached hydrogens (primary N) is 4. The highest BCUT2D eigenvalue weighted by molar-refractivity contribution is 5.76. The predicted molar refractivity (Wildman–Crippen MR) is 106 cm³/mol. The molecule has 0 saturated carbocycles. The van der Waals surface area contributed by atoms with Gasteiger partial charge in [0.1, 0.15) is 0 Å². The first-order chi connectivity index (χ1) is 13.2. The molecule has 1 aliphatic rings. The Morgan fingerprint density at radius 3 is 1.57 bits per heavy atom. The van der Waals surface area contributed by atoms with Gasteiger partial charge in [-0.25, -0.2) is 0 Å². The molecule has 0 fully saturated rings. The zero-order valence-corrected chi connectivity index (χ0v) is 16.5. The molecule has 0 aromatic carbocycles. The Hall–Kier alpha value is -2.38. The average Bonchev–Trinajstić information content (AvgIpc) is 2.55. The van der Waals surface area contributed by atoms with Gasteiger partial charge in [-0.1, -0.05) is 11.6 Å². The third kappa shape index (κ3) is 10.7. The van der Waals surface area contributed by atoms with Crippen LogP contribution in [0.1, 0.15) is 70.6 Å². The lowest BCUT2D eigenvalue weighted by Gasteiger charge is -2.24. The van der Waals surface area contributed by atoms with E-state index >= 15 is 0 Å². The summed E-state index contributed by atoms with van der Waals surface area (Å²) >= 11 is 0. The van der Waals surface area contributed by atoms with Crippen molar-refractivity contribution in [2.75, 3.05) is 0 Å². The van der Waals surface area contributed by atoms with Gasteiger partial charge in [0, 0.05) is 25.7 Å². The first-order valence-electron chi connectivity index (χ1n) is 9.96. The van der Waals surface area contributed by atoms with Crippen molar-refractivity contribution in [3.8, 4) is 0 Å². The fourth-order valence-electron chi connectivity index (χ4n) is 4.01. The van der Waals surface area contributed by atoms with E-state index in [0.29, 0.717) is 19.3 Å². The number of carbonyl (C=O) groups excluding carboxylic acids is 4. The molecule has 0 radical (unpaired) electrons. The van der Waals surface area contributed by atoms with Gasteiger partial charge in [0.25, 0.3) is 0 Å². The lowest BCUT2D eigenvalue weighted by atomic mass is 9.82. The summed E-state index contributed by atoms with van der Waals surface area (Å²) < 4.78 is 0. The SMILES string of the molecule is NC(=O)C/C1=C/CC(CC(N)=O)CCC(CC(N)=O)CCC(CC(N)=O)CC1. The van der Waals surface area contributed by atoms with Crippen LogP contribution in [0, 0.1) is 17.8 Å². The summed E-state index contributed by atoms with van der Waals surface area (Å²) in [6.45, 7) is 0. The predicted octanol–water partition coefficient (Wildman–Crippen LogP) is 1.01. The van der Waals surface area contributed by atoms with Crippen molar-refractivity contribution >= 4 is 23.6 Å². The van der Waals surface area contributed by atoms with E-state index in [1.807, 2.05) is 6.08 Å². The number of hydrogen-bond acceptors (Lipinski definition) is 4. The van der Waals surface area contributed by atoms with E-state index < -0.39 is 5.91 Å². The van der Waals surface area contributed by atoms with Crippen LogP contribution in [-0.4, -0.2) is 23.6 Å². The number of primary amides is 4. The van der Waals surface area contributed by atoms with Crippen LogP contribution in [-0.2, 0) is 19.2 Å². The molecule has 158 valence electrons. The summed E-state index contributed by atoms with van der Waals surface area (Å²) in [7, 11) is 0. The molecule has 3 atom stereocenters. The molecule has 8 nitrogen and oxygen atoms in total. The van der Waals surface area contributed by atoms with Crippen LogP contribution in [0.2, 0.25) is 0 Å². The fourth-order valence-corrected chi connectivity index (χ4v) is 4.01. The molecule has 0 aromatic rings. The van der Waals surface area contributed by atoms with Gasteiger partial charge in [0.05, 0.1) is 0 Å². The molecule has 0 heterocycles. The van der Waals surface area contributed by atoms with E-state index in [2.05, 4.69) is 0 Å². The van der Waals surface area contributed by atoms with Crippen molar-refractivity contribution in [2.45, 2.75) is 70.6 Å². The Morgan fingerprint density at radius 2 is 1.11 bits per heavy atom. The molecule has 0 aromatic heterocycles. The number of amides is 4. The van der Waals surface area contributed by atoms with Crippen molar-refractivity contribution < 1.29 is 19.2 Å². The van der Waals surface area contributed by atoms with Gasteiger partial charge in [0.2, 0.25) is 23.6 Å². The standard InChI is InChI=1S/C20H34N4O4/c21-17(25)9-13-1-2-14(10-18(22)26)5-6-16(12-20(24)28)8-7-15(4-3-13)11-19(23)27/h1,14-16H,2-12H2,(H2,21,25)(H2,22,26)(H2,23,27)(H2,24,28)/b13-1+. The van der Waals surface area contributed by atoms with Crippen LogP contribution < -0.4 is 22.9 Å². The van der Waals surface area contributed by atoms with E-state index in [1.54, 1.807) is 0 Å². The van der Waals surface area contributed by atoms with Crippen LogP contribution in [0.4, 0.5) is 0 Å². The molecular weight excluding hydrogens is 360 g/mol. The summed E-state index contributed by atoms with van der Waals surface area (Å²) in [6, 6.07) is 0. The lowest BCUT2D eigenvalue weighted by molar-refractivity contribution is -0.120. The van der Waals surface area contributed by atoms with E-state index in [9.17, 15) is 19.2 Å². The Labute approximate surface area is 166 Å². The minimum Gasteiger partial charge on any atom is -0.370 e. The van der Waals surface area contributed by atoms with Gasteiger partial charge in [-0.2, -0.15) is 0 Å². The quantitative estimate of drug-likeness (QED) is 0.450. The molecular formula is C20H34N4O4. The second-order valence-corrected chi connectivity index (χ2v) is 8.04. The van der Waals surface area contributed by atoms with Crippen LogP contribution in [0.25, 0.3) is 0 Å². The number of rotatable bonds is 8. The second-order valence-electron chi connectivity index (χ2n) is 8.04. The molecule has 28 heavy (non-hydrogen) atoms. The zero-order valence-electron chi connectivity index (χ0n) is 16.5. The lowest BCUT2D eigenvalue weighted by Crippen LogP contribution is -2.22. The highest BCUT2D eigenvalue weighted by Gasteiger charge is 2.21. The summed E-state index contributed by atoms with van der Waals surface area (Å²) in [5, 5.41) is 0. The summed E-state index contributed by atoms with van der Waals surface area (Å²) in [6.07, 6.45) is 7.95. The molecule has 1 aliphatic carbocycles. The maximum Gasteiger partial charge on any atom is 0.221 e. The third-order valence-electron chi connectivity index (χ3n) is 5.45. The number of hydrogen-bond donors (Lipinski definition) is 4. The van der Waals surface area contributed by atoms with E-state index in [1.165, 1.54) is 0 Å². The van der Waals surface area contributed by atoms with Crippen molar-refractivity contribution in [3.63, 3.8) is 0 Å².